The van der Waals surface area contributed by atoms with E-state index in [1.54, 1.807) is 47.6 Å². The third-order valence-electron chi connectivity index (χ3n) is 3.43. The van der Waals surface area contributed by atoms with Crippen molar-refractivity contribution in [3.8, 4) is 0 Å². The summed E-state index contributed by atoms with van der Waals surface area (Å²) < 4.78 is 9.86. The van der Waals surface area contributed by atoms with Gasteiger partial charge in [-0.05, 0) is 49.3 Å². The number of rotatable bonds is 9. The Bertz CT molecular complexity index is 788. The summed E-state index contributed by atoms with van der Waals surface area (Å²) in [5.41, 5.74) is 1.88. The van der Waals surface area contributed by atoms with Crippen molar-refractivity contribution in [2.24, 2.45) is 0 Å². The number of carbonyl (C=O) groups is 2. The summed E-state index contributed by atoms with van der Waals surface area (Å²) >= 11 is 0. The van der Waals surface area contributed by atoms with Gasteiger partial charge in [0.2, 0.25) is 0 Å². The number of benzene rings is 2. The van der Waals surface area contributed by atoms with Crippen LogP contribution in [0.25, 0.3) is 12.2 Å². The SMILES string of the molecule is CCOC(=O)/C=C/c1ccccc1SSc1ccccc1/C=C/C(=O)OCC. The standard InChI is InChI=1S/C22H22O4S2/c1-3-25-21(23)15-13-17-9-5-7-11-19(17)27-28-20-12-8-6-10-18(20)14-16-22(24)26-4-2/h5-16H,3-4H2,1-2H3/b15-13+,16-14+. The predicted molar refractivity (Wildman–Crippen MR) is 116 cm³/mol. The smallest absolute Gasteiger partial charge is 0.330 e. The Morgan fingerprint density at radius 1 is 0.750 bits per heavy atom. The van der Waals surface area contributed by atoms with Gasteiger partial charge in [-0.2, -0.15) is 0 Å². The molecule has 0 aliphatic carbocycles. The molecule has 0 spiro atoms. The van der Waals surface area contributed by atoms with Crippen LogP contribution in [-0.4, -0.2) is 25.2 Å². The molecule has 0 N–H and O–H groups in total. The van der Waals surface area contributed by atoms with Gasteiger partial charge in [-0.15, -0.1) is 0 Å². The highest BCUT2D eigenvalue weighted by molar-refractivity contribution is 8.76. The average Bonchev–Trinajstić information content (AvgIpc) is 2.71. The number of ether oxygens (including phenoxy) is 2. The molecule has 0 heterocycles. The highest BCUT2D eigenvalue weighted by Gasteiger charge is 2.06. The molecule has 0 aliphatic rings. The van der Waals surface area contributed by atoms with E-state index < -0.39 is 0 Å². The van der Waals surface area contributed by atoms with Gasteiger partial charge in [0.25, 0.3) is 0 Å². The second-order valence-corrected chi connectivity index (χ2v) is 7.63. The first-order valence-corrected chi connectivity index (χ1v) is 11.0. The van der Waals surface area contributed by atoms with E-state index in [0.717, 1.165) is 20.9 Å². The first-order chi connectivity index (χ1) is 13.6. The van der Waals surface area contributed by atoms with Gasteiger partial charge in [-0.25, -0.2) is 9.59 Å². The summed E-state index contributed by atoms with van der Waals surface area (Å²) in [6.45, 7) is 4.26. The van der Waals surface area contributed by atoms with Crippen molar-refractivity contribution < 1.29 is 19.1 Å². The second-order valence-electron chi connectivity index (χ2n) is 5.41. The molecule has 146 valence electrons. The second kappa shape index (κ2) is 12.1. The largest absolute Gasteiger partial charge is 0.463 e. The van der Waals surface area contributed by atoms with Crippen molar-refractivity contribution in [2.75, 3.05) is 13.2 Å². The summed E-state index contributed by atoms with van der Waals surface area (Å²) in [6, 6.07) is 15.7. The zero-order valence-electron chi connectivity index (χ0n) is 15.8. The van der Waals surface area contributed by atoms with Gasteiger partial charge in [-0.1, -0.05) is 58.0 Å². The fourth-order valence-corrected chi connectivity index (χ4v) is 4.54. The summed E-state index contributed by atoms with van der Waals surface area (Å²) in [4.78, 5) is 25.2. The lowest BCUT2D eigenvalue weighted by Gasteiger charge is -2.07. The van der Waals surface area contributed by atoms with E-state index in [1.165, 1.54) is 12.2 Å². The van der Waals surface area contributed by atoms with Crippen LogP contribution in [0.2, 0.25) is 0 Å². The highest BCUT2D eigenvalue weighted by atomic mass is 33.1. The minimum atomic E-state index is -0.357. The molecule has 0 atom stereocenters. The van der Waals surface area contributed by atoms with Crippen molar-refractivity contribution in [2.45, 2.75) is 23.6 Å². The van der Waals surface area contributed by atoms with E-state index in [-0.39, 0.29) is 11.9 Å². The number of esters is 2. The van der Waals surface area contributed by atoms with Crippen LogP contribution in [0.3, 0.4) is 0 Å². The van der Waals surface area contributed by atoms with Crippen LogP contribution in [-0.2, 0) is 19.1 Å². The molecule has 0 saturated carbocycles. The van der Waals surface area contributed by atoms with Crippen LogP contribution in [0.5, 0.6) is 0 Å². The van der Waals surface area contributed by atoms with Crippen molar-refractivity contribution in [3.63, 3.8) is 0 Å². The van der Waals surface area contributed by atoms with E-state index >= 15 is 0 Å². The van der Waals surface area contributed by atoms with E-state index in [9.17, 15) is 9.59 Å². The summed E-state index contributed by atoms with van der Waals surface area (Å²) in [5, 5.41) is 0. The lowest BCUT2D eigenvalue weighted by molar-refractivity contribution is -0.138. The molecule has 0 aromatic heterocycles. The molecular formula is C22H22O4S2. The Balaban J connectivity index is 2.11. The van der Waals surface area contributed by atoms with E-state index in [2.05, 4.69) is 0 Å². The minimum absolute atomic E-state index is 0.353. The van der Waals surface area contributed by atoms with E-state index in [1.807, 2.05) is 48.5 Å². The van der Waals surface area contributed by atoms with Crippen LogP contribution in [0, 0.1) is 0 Å². The summed E-state index contributed by atoms with van der Waals surface area (Å²) in [5.74, 6) is -0.714. The van der Waals surface area contributed by atoms with Gasteiger partial charge in [0, 0.05) is 21.9 Å². The maximum absolute atomic E-state index is 11.6. The molecule has 28 heavy (non-hydrogen) atoms. The lowest BCUT2D eigenvalue weighted by atomic mass is 10.2. The number of hydrogen-bond donors (Lipinski definition) is 0. The molecule has 2 rings (SSSR count). The average molecular weight is 415 g/mol. The van der Waals surface area contributed by atoms with E-state index in [0.29, 0.717) is 13.2 Å². The van der Waals surface area contributed by atoms with Crippen molar-refractivity contribution in [3.05, 3.63) is 71.8 Å². The third-order valence-corrected chi connectivity index (χ3v) is 5.94. The van der Waals surface area contributed by atoms with Crippen LogP contribution in [0.15, 0.2) is 70.5 Å². The van der Waals surface area contributed by atoms with Gasteiger partial charge in [0.05, 0.1) is 13.2 Å². The lowest BCUT2D eigenvalue weighted by Crippen LogP contribution is -1.98. The maximum atomic E-state index is 11.6. The van der Waals surface area contributed by atoms with Gasteiger partial charge in [0.1, 0.15) is 0 Å². The Morgan fingerprint density at radius 3 is 1.54 bits per heavy atom. The monoisotopic (exact) mass is 414 g/mol. The molecule has 0 fully saturated rings. The predicted octanol–water partition coefficient (Wildman–Crippen LogP) is 5.64. The fraction of sp³-hybridized carbons (Fsp3) is 0.182. The first kappa shape index (κ1) is 21.9. The molecular weight excluding hydrogens is 392 g/mol. The summed E-state index contributed by atoms with van der Waals surface area (Å²) in [7, 11) is 3.17. The molecule has 0 saturated heterocycles. The van der Waals surface area contributed by atoms with Crippen LogP contribution in [0.4, 0.5) is 0 Å². The van der Waals surface area contributed by atoms with Crippen molar-refractivity contribution in [1.82, 2.24) is 0 Å². The van der Waals surface area contributed by atoms with Gasteiger partial charge in [-0.3, -0.25) is 0 Å². The zero-order valence-corrected chi connectivity index (χ0v) is 17.4. The topological polar surface area (TPSA) is 52.6 Å². The van der Waals surface area contributed by atoms with Crippen molar-refractivity contribution in [1.29, 1.82) is 0 Å². The van der Waals surface area contributed by atoms with E-state index in [4.69, 9.17) is 9.47 Å². The maximum Gasteiger partial charge on any atom is 0.330 e. The summed E-state index contributed by atoms with van der Waals surface area (Å²) in [6.07, 6.45) is 6.38. The van der Waals surface area contributed by atoms with Gasteiger partial charge >= 0.3 is 11.9 Å². The quantitative estimate of drug-likeness (QED) is 0.301. The number of hydrogen-bond acceptors (Lipinski definition) is 6. The Hall–Kier alpha value is -2.44. The molecule has 0 unspecified atom stereocenters. The molecule has 0 amide bonds. The molecule has 4 nitrogen and oxygen atoms in total. The Kier molecular flexibility index (Phi) is 9.45. The fourth-order valence-electron chi connectivity index (χ4n) is 2.17. The Labute approximate surface area is 173 Å². The van der Waals surface area contributed by atoms with Crippen molar-refractivity contribution >= 4 is 45.7 Å². The normalized spacial score (nSPS) is 11.1. The van der Waals surface area contributed by atoms with Crippen LogP contribution >= 0.6 is 21.6 Å². The highest BCUT2D eigenvalue weighted by Crippen LogP contribution is 2.41. The Morgan fingerprint density at radius 2 is 1.14 bits per heavy atom. The molecule has 0 radical (unpaired) electrons. The minimum Gasteiger partial charge on any atom is -0.463 e. The third kappa shape index (κ3) is 7.29. The first-order valence-electron chi connectivity index (χ1n) is 8.86. The van der Waals surface area contributed by atoms with Crippen LogP contribution < -0.4 is 0 Å². The molecule has 6 heteroatoms. The van der Waals surface area contributed by atoms with Crippen LogP contribution in [0.1, 0.15) is 25.0 Å². The zero-order chi connectivity index (χ0) is 20.2. The molecule has 0 aliphatic heterocycles. The van der Waals surface area contributed by atoms with Gasteiger partial charge in [0.15, 0.2) is 0 Å². The molecule has 2 aromatic rings. The molecule has 0 bridgehead atoms. The number of carbonyl (C=O) groups excluding carboxylic acids is 2. The molecule has 2 aromatic carbocycles. The van der Waals surface area contributed by atoms with Gasteiger partial charge < -0.3 is 9.47 Å².